The van der Waals surface area contributed by atoms with Crippen LogP contribution in [0.5, 0.6) is 5.75 Å². The summed E-state index contributed by atoms with van der Waals surface area (Å²) in [4.78, 5) is 7.78. The fourth-order valence-corrected chi connectivity index (χ4v) is 1.53. The zero-order valence-electron chi connectivity index (χ0n) is 8.81. The molecule has 0 aliphatic heterocycles. The second kappa shape index (κ2) is 3.69. The van der Waals surface area contributed by atoms with Gasteiger partial charge in [0.25, 0.3) is 0 Å². The lowest BCUT2D eigenvalue weighted by Gasteiger charge is -2.09. The van der Waals surface area contributed by atoms with Crippen molar-refractivity contribution in [3.05, 3.63) is 30.0 Å². The lowest BCUT2D eigenvalue weighted by Crippen LogP contribution is -2.01. The molecule has 0 unspecified atom stereocenters. The Morgan fingerprint density at radius 2 is 1.94 bits per heavy atom. The molecule has 0 radical (unpaired) electrons. The smallest absolute Gasteiger partial charge is 0.221 e. The normalized spacial score (nSPS) is 10.3. The van der Waals surface area contributed by atoms with Crippen LogP contribution in [0.2, 0.25) is 0 Å². The second-order valence-electron chi connectivity index (χ2n) is 3.48. The summed E-state index contributed by atoms with van der Waals surface area (Å²) in [6, 6.07) is 5.21. The molecule has 0 bridgehead atoms. The molecular weight excluding hydrogens is 204 g/mol. The summed E-state index contributed by atoms with van der Waals surface area (Å²) in [5.41, 5.74) is 13.4. The third-order valence-corrected chi connectivity index (χ3v) is 2.43. The largest absolute Gasteiger partial charge is 0.508 e. The van der Waals surface area contributed by atoms with Crippen molar-refractivity contribution < 1.29 is 5.11 Å². The van der Waals surface area contributed by atoms with Crippen molar-refractivity contribution in [2.75, 3.05) is 11.5 Å². The number of hydrogen-bond acceptors (Lipinski definition) is 5. The number of hydrogen-bond donors (Lipinski definition) is 3. The van der Waals surface area contributed by atoms with Crippen LogP contribution in [0.25, 0.3) is 11.1 Å². The third kappa shape index (κ3) is 1.63. The number of phenolic OH excluding ortho intramolecular Hbond substituents is 1. The van der Waals surface area contributed by atoms with Gasteiger partial charge in [0.2, 0.25) is 5.95 Å². The summed E-state index contributed by atoms with van der Waals surface area (Å²) in [7, 11) is 0. The summed E-state index contributed by atoms with van der Waals surface area (Å²) in [6.07, 6.45) is 1.56. The quantitative estimate of drug-likeness (QED) is 0.667. The first-order valence-corrected chi connectivity index (χ1v) is 4.76. The number of anilines is 2. The Kier molecular flexibility index (Phi) is 2.36. The highest BCUT2D eigenvalue weighted by atomic mass is 16.3. The van der Waals surface area contributed by atoms with Crippen LogP contribution in [0.1, 0.15) is 5.56 Å². The Balaban J connectivity index is 2.63. The van der Waals surface area contributed by atoms with Crippen molar-refractivity contribution >= 4 is 11.8 Å². The number of benzene rings is 1. The molecule has 0 amide bonds. The average molecular weight is 216 g/mol. The highest BCUT2D eigenvalue weighted by Crippen LogP contribution is 2.31. The second-order valence-corrected chi connectivity index (χ2v) is 3.48. The minimum Gasteiger partial charge on any atom is -0.508 e. The summed E-state index contributed by atoms with van der Waals surface area (Å²) in [5.74, 6) is 0.661. The Bertz CT molecular complexity index is 540. The van der Waals surface area contributed by atoms with Gasteiger partial charge in [0.15, 0.2) is 0 Å². The van der Waals surface area contributed by atoms with E-state index < -0.39 is 0 Å². The van der Waals surface area contributed by atoms with Crippen LogP contribution >= 0.6 is 0 Å². The molecule has 5 N–H and O–H groups in total. The van der Waals surface area contributed by atoms with Gasteiger partial charge in [0, 0.05) is 11.8 Å². The zero-order valence-corrected chi connectivity index (χ0v) is 8.81. The highest BCUT2D eigenvalue weighted by Gasteiger charge is 2.09. The van der Waals surface area contributed by atoms with E-state index in [0.717, 1.165) is 11.1 Å². The molecule has 0 saturated carbocycles. The summed E-state index contributed by atoms with van der Waals surface area (Å²) in [5, 5.41) is 9.60. The molecule has 5 heteroatoms. The molecule has 0 aliphatic rings. The van der Waals surface area contributed by atoms with Gasteiger partial charge in [0.1, 0.15) is 11.6 Å². The van der Waals surface area contributed by atoms with Crippen molar-refractivity contribution in [2.45, 2.75) is 6.92 Å². The monoisotopic (exact) mass is 216 g/mol. The highest BCUT2D eigenvalue weighted by molar-refractivity contribution is 5.77. The van der Waals surface area contributed by atoms with Crippen LogP contribution in [0.4, 0.5) is 11.8 Å². The molecule has 0 fully saturated rings. The molecule has 2 rings (SSSR count). The molecule has 16 heavy (non-hydrogen) atoms. The number of phenols is 1. The maximum atomic E-state index is 9.60. The van der Waals surface area contributed by atoms with Crippen LogP contribution in [0, 0.1) is 6.92 Å². The molecule has 5 nitrogen and oxygen atoms in total. The van der Waals surface area contributed by atoms with E-state index in [-0.39, 0.29) is 11.7 Å². The van der Waals surface area contributed by atoms with Gasteiger partial charge in [-0.25, -0.2) is 4.98 Å². The topological polar surface area (TPSA) is 98.0 Å². The van der Waals surface area contributed by atoms with Gasteiger partial charge < -0.3 is 16.6 Å². The van der Waals surface area contributed by atoms with Crippen molar-refractivity contribution in [1.82, 2.24) is 9.97 Å². The van der Waals surface area contributed by atoms with Crippen molar-refractivity contribution in [2.24, 2.45) is 0 Å². The summed E-state index contributed by atoms with van der Waals surface area (Å²) in [6.45, 7) is 1.81. The Labute approximate surface area is 92.8 Å². The van der Waals surface area contributed by atoms with E-state index in [4.69, 9.17) is 11.5 Å². The van der Waals surface area contributed by atoms with Crippen LogP contribution in [0.15, 0.2) is 24.4 Å². The van der Waals surface area contributed by atoms with E-state index in [0.29, 0.717) is 11.4 Å². The Hall–Kier alpha value is -2.30. The third-order valence-electron chi connectivity index (χ3n) is 2.43. The average Bonchev–Trinajstić information content (AvgIpc) is 2.23. The molecule has 1 heterocycles. The standard InChI is InChI=1S/C11H12N4O/c1-6-7(3-2-4-9(6)16)8-5-14-11(13)15-10(8)12/h2-5,16H,1H3,(H4,12,13,14,15). The molecule has 1 aromatic carbocycles. The van der Waals surface area contributed by atoms with Gasteiger partial charge in [0.05, 0.1) is 0 Å². The first-order valence-electron chi connectivity index (χ1n) is 4.76. The molecule has 0 atom stereocenters. The van der Waals surface area contributed by atoms with E-state index in [1.807, 2.05) is 6.07 Å². The van der Waals surface area contributed by atoms with Crippen LogP contribution in [-0.4, -0.2) is 15.1 Å². The molecule has 0 saturated heterocycles. The summed E-state index contributed by atoms with van der Waals surface area (Å²) < 4.78 is 0. The fourth-order valence-electron chi connectivity index (χ4n) is 1.53. The lowest BCUT2D eigenvalue weighted by molar-refractivity contribution is 0.471. The van der Waals surface area contributed by atoms with Gasteiger partial charge in [-0.3, -0.25) is 0 Å². The lowest BCUT2D eigenvalue weighted by atomic mass is 10.0. The van der Waals surface area contributed by atoms with E-state index in [1.165, 1.54) is 0 Å². The minimum atomic E-state index is 0.138. The van der Waals surface area contributed by atoms with Crippen LogP contribution in [-0.2, 0) is 0 Å². The maximum absolute atomic E-state index is 9.60. The van der Waals surface area contributed by atoms with Gasteiger partial charge in [-0.15, -0.1) is 0 Å². The number of aromatic hydroxyl groups is 1. The number of rotatable bonds is 1. The number of nitrogens with two attached hydrogens (primary N) is 2. The van der Waals surface area contributed by atoms with Gasteiger partial charge >= 0.3 is 0 Å². The van der Waals surface area contributed by atoms with Crippen LogP contribution < -0.4 is 11.5 Å². The van der Waals surface area contributed by atoms with E-state index in [1.54, 1.807) is 25.3 Å². The Morgan fingerprint density at radius 1 is 1.19 bits per heavy atom. The van der Waals surface area contributed by atoms with Crippen molar-refractivity contribution in [3.8, 4) is 16.9 Å². The fraction of sp³-hybridized carbons (Fsp3) is 0.0909. The van der Waals surface area contributed by atoms with Gasteiger partial charge in [-0.2, -0.15) is 4.98 Å². The van der Waals surface area contributed by atoms with E-state index in [2.05, 4.69) is 9.97 Å². The predicted molar refractivity (Wildman–Crippen MR) is 62.7 cm³/mol. The first kappa shape index (κ1) is 10.2. The molecule has 0 spiro atoms. The van der Waals surface area contributed by atoms with Gasteiger partial charge in [-0.1, -0.05) is 12.1 Å². The van der Waals surface area contributed by atoms with Crippen LogP contribution in [0.3, 0.4) is 0 Å². The van der Waals surface area contributed by atoms with E-state index >= 15 is 0 Å². The molecule has 0 aliphatic carbocycles. The first-order chi connectivity index (χ1) is 7.59. The summed E-state index contributed by atoms with van der Waals surface area (Å²) >= 11 is 0. The number of nitrogens with zero attached hydrogens (tertiary/aromatic N) is 2. The molecule has 2 aromatic rings. The zero-order chi connectivity index (χ0) is 11.7. The van der Waals surface area contributed by atoms with Crippen molar-refractivity contribution in [1.29, 1.82) is 0 Å². The van der Waals surface area contributed by atoms with Crippen molar-refractivity contribution in [3.63, 3.8) is 0 Å². The minimum absolute atomic E-state index is 0.138. The maximum Gasteiger partial charge on any atom is 0.221 e. The van der Waals surface area contributed by atoms with Gasteiger partial charge in [-0.05, 0) is 24.1 Å². The Morgan fingerprint density at radius 3 is 2.62 bits per heavy atom. The SMILES string of the molecule is Cc1c(O)cccc1-c1cnc(N)nc1N. The van der Waals surface area contributed by atoms with E-state index in [9.17, 15) is 5.11 Å². The molecular formula is C11H12N4O. The predicted octanol–water partition coefficient (Wildman–Crippen LogP) is 1.32. The molecule has 82 valence electrons. The number of nitrogen functional groups attached to an aromatic ring is 2. The number of aromatic nitrogens is 2. The molecule has 1 aromatic heterocycles.